The first-order valence-corrected chi connectivity index (χ1v) is 9.55. The molecule has 0 amide bonds. The van der Waals surface area contributed by atoms with Crippen LogP contribution >= 0.6 is 11.8 Å². The number of benzene rings is 2. The molecule has 1 heterocycles. The summed E-state index contributed by atoms with van der Waals surface area (Å²) in [5, 5.41) is 0. The SMILES string of the molecule is CCCC1Oc2cc(C(C)(C)C)c(OC(=O)c3ccccc3)cc2S1. The first-order chi connectivity index (χ1) is 11.9. The highest BCUT2D eigenvalue weighted by Gasteiger charge is 2.29. The second kappa shape index (κ2) is 7.12. The summed E-state index contributed by atoms with van der Waals surface area (Å²) < 4.78 is 11.8. The molecule has 25 heavy (non-hydrogen) atoms. The number of carbonyl (C=O) groups excluding carboxylic acids is 1. The minimum Gasteiger partial charge on any atom is -0.478 e. The third-order valence-corrected chi connectivity index (χ3v) is 5.28. The quantitative estimate of drug-likeness (QED) is 0.511. The Morgan fingerprint density at radius 1 is 1.20 bits per heavy atom. The minimum absolute atomic E-state index is 0.146. The molecule has 3 rings (SSSR count). The highest BCUT2D eigenvalue weighted by Crippen LogP contribution is 2.47. The standard InChI is InChI=1S/C21H24O3S/c1-5-9-19-23-17-12-15(21(2,3)4)16(13-18(17)25-19)24-20(22)14-10-7-6-8-11-14/h6-8,10-13,19H,5,9H2,1-4H3. The van der Waals surface area contributed by atoms with Crippen molar-refractivity contribution in [1.82, 2.24) is 0 Å². The molecule has 1 aliphatic heterocycles. The van der Waals surface area contributed by atoms with Crippen molar-refractivity contribution in [3.05, 3.63) is 53.6 Å². The molecule has 132 valence electrons. The maximum Gasteiger partial charge on any atom is 0.343 e. The lowest BCUT2D eigenvalue weighted by Crippen LogP contribution is -2.16. The van der Waals surface area contributed by atoms with E-state index in [1.807, 2.05) is 30.3 Å². The molecule has 0 saturated carbocycles. The van der Waals surface area contributed by atoms with E-state index in [2.05, 4.69) is 27.7 Å². The first-order valence-electron chi connectivity index (χ1n) is 8.67. The van der Waals surface area contributed by atoms with E-state index in [9.17, 15) is 4.79 Å². The average Bonchev–Trinajstić information content (AvgIpc) is 2.96. The molecular weight excluding hydrogens is 332 g/mol. The van der Waals surface area contributed by atoms with Gasteiger partial charge in [-0.2, -0.15) is 0 Å². The number of fused-ring (bicyclic) bond motifs is 1. The molecule has 0 spiro atoms. The van der Waals surface area contributed by atoms with Gasteiger partial charge in [-0.05, 0) is 36.1 Å². The molecule has 2 aromatic rings. The Morgan fingerprint density at radius 3 is 2.56 bits per heavy atom. The normalized spacial score (nSPS) is 16.2. The topological polar surface area (TPSA) is 35.5 Å². The zero-order chi connectivity index (χ0) is 18.0. The van der Waals surface area contributed by atoms with Gasteiger partial charge in [-0.3, -0.25) is 0 Å². The Kier molecular flexibility index (Phi) is 5.09. The van der Waals surface area contributed by atoms with Gasteiger partial charge >= 0.3 is 5.97 Å². The third kappa shape index (κ3) is 4.01. The molecule has 0 aromatic heterocycles. The summed E-state index contributed by atoms with van der Waals surface area (Å²) in [6.07, 6.45) is 2.08. The maximum absolute atomic E-state index is 12.5. The van der Waals surface area contributed by atoms with E-state index in [1.54, 1.807) is 23.9 Å². The number of ether oxygens (including phenoxy) is 2. The average molecular weight is 356 g/mol. The van der Waals surface area contributed by atoms with Gasteiger partial charge in [-0.1, -0.05) is 64.1 Å². The fourth-order valence-electron chi connectivity index (χ4n) is 2.79. The van der Waals surface area contributed by atoms with E-state index in [0.29, 0.717) is 11.3 Å². The van der Waals surface area contributed by atoms with Crippen molar-refractivity contribution in [3.63, 3.8) is 0 Å². The number of hydrogen-bond acceptors (Lipinski definition) is 4. The van der Waals surface area contributed by atoms with E-state index in [-0.39, 0.29) is 16.8 Å². The van der Waals surface area contributed by atoms with E-state index in [0.717, 1.165) is 29.1 Å². The molecule has 0 fully saturated rings. The zero-order valence-electron chi connectivity index (χ0n) is 15.2. The predicted octanol–water partition coefficient (Wildman–Crippen LogP) is 5.81. The number of rotatable bonds is 4. The molecule has 1 atom stereocenters. The first kappa shape index (κ1) is 17.9. The van der Waals surface area contributed by atoms with Crippen LogP contribution < -0.4 is 9.47 Å². The highest BCUT2D eigenvalue weighted by atomic mass is 32.2. The lowest BCUT2D eigenvalue weighted by atomic mass is 9.86. The fourth-order valence-corrected chi connectivity index (χ4v) is 3.98. The van der Waals surface area contributed by atoms with Crippen molar-refractivity contribution in [1.29, 1.82) is 0 Å². The Morgan fingerprint density at radius 2 is 1.92 bits per heavy atom. The third-order valence-electron chi connectivity index (χ3n) is 4.11. The second-order valence-electron chi connectivity index (χ2n) is 7.25. The number of carbonyl (C=O) groups is 1. The summed E-state index contributed by atoms with van der Waals surface area (Å²) in [7, 11) is 0. The summed E-state index contributed by atoms with van der Waals surface area (Å²) in [6, 6.07) is 13.1. The molecule has 1 unspecified atom stereocenters. The van der Waals surface area contributed by atoms with Gasteiger partial charge in [-0.15, -0.1) is 0 Å². The molecular formula is C21H24O3S. The van der Waals surface area contributed by atoms with Crippen LogP contribution in [0.5, 0.6) is 11.5 Å². The van der Waals surface area contributed by atoms with E-state index in [4.69, 9.17) is 9.47 Å². The fraction of sp³-hybridized carbons (Fsp3) is 0.381. The van der Waals surface area contributed by atoms with Crippen LogP contribution in [-0.2, 0) is 5.41 Å². The monoisotopic (exact) mass is 356 g/mol. The van der Waals surface area contributed by atoms with E-state index >= 15 is 0 Å². The summed E-state index contributed by atoms with van der Waals surface area (Å²) in [6.45, 7) is 8.49. The maximum atomic E-state index is 12.5. The van der Waals surface area contributed by atoms with Crippen LogP contribution in [0.4, 0.5) is 0 Å². The van der Waals surface area contributed by atoms with Crippen molar-refractivity contribution >= 4 is 17.7 Å². The van der Waals surface area contributed by atoms with Crippen molar-refractivity contribution in [3.8, 4) is 11.5 Å². The van der Waals surface area contributed by atoms with Crippen molar-refractivity contribution in [2.24, 2.45) is 0 Å². The van der Waals surface area contributed by atoms with Gasteiger partial charge in [0.25, 0.3) is 0 Å². The van der Waals surface area contributed by atoms with Crippen LogP contribution in [0.15, 0.2) is 47.4 Å². The molecule has 1 aliphatic rings. The molecule has 0 aliphatic carbocycles. The van der Waals surface area contributed by atoms with Crippen molar-refractivity contribution in [2.75, 3.05) is 0 Å². The van der Waals surface area contributed by atoms with Crippen LogP contribution in [-0.4, -0.2) is 11.4 Å². The summed E-state index contributed by atoms with van der Waals surface area (Å²) in [5.41, 5.74) is 1.52. The number of hydrogen-bond donors (Lipinski definition) is 0. The number of thioether (sulfide) groups is 1. The molecule has 2 aromatic carbocycles. The largest absolute Gasteiger partial charge is 0.478 e. The Bertz CT molecular complexity index is 763. The smallest absolute Gasteiger partial charge is 0.343 e. The van der Waals surface area contributed by atoms with E-state index < -0.39 is 0 Å². The van der Waals surface area contributed by atoms with Gasteiger partial charge in [0.15, 0.2) is 0 Å². The highest BCUT2D eigenvalue weighted by molar-refractivity contribution is 8.00. The van der Waals surface area contributed by atoms with Gasteiger partial charge in [0, 0.05) is 5.56 Å². The van der Waals surface area contributed by atoms with Crippen LogP contribution in [0, 0.1) is 0 Å². The Labute approximate surface area is 153 Å². The van der Waals surface area contributed by atoms with Crippen LogP contribution in [0.3, 0.4) is 0 Å². The lowest BCUT2D eigenvalue weighted by molar-refractivity contribution is 0.0731. The van der Waals surface area contributed by atoms with Crippen molar-refractivity contribution < 1.29 is 14.3 Å². The molecule has 4 heteroatoms. The van der Waals surface area contributed by atoms with Gasteiger partial charge in [0.2, 0.25) is 0 Å². The zero-order valence-corrected chi connectivity index (χ0v) is 16.0. The lowest BCUT2D eigenvalue weighted by Gasteiger charge is -2.23. The Hall–Kier alpha value is -1.94. The van der Waals surface area contributed by atoms with Gasteiger partial charge in [-0.25, -0.2) is 4.79 Å². The van der Waals surface area contributed by atoms with Crippen LogP contribution in [0.2, 0.25) is 0 Å². The summed E-state index contributed by atoms with van der Waals surface area (Å²) in [4.78, 5) is 13.5. The summed E-state index contributed by atoms with van der Waals surface area (Å²) in [5.74, 6) is 1.18. The number of esters is 1. The van der Waals surface area contributed by atoms with Crippen molar-refractivity contribution in [2.45, 2.75) is 56.3 Å². The molecule has 3 nitrogen and oxygen atoms in total. The van der Waals surface area contributed by atoms with Crippen LogP contribution in [0.1, 0.15) is 56.5 Å². The molecule has 0 N–H and O–H groups in total. The predicted molar refractivity (Wildman–Crippen MR) is 102 cm³/mol. The summed E-state index contributed by atoms with van der Waals surface area (Å²) >= 11 is 1.70. The minimum atomic E-state index is -0.333. The van der Waals surface area contributed by atoms with Gasteiger partial charge in [0.1, 0.15) is 16.9 Å². The molecule has 0 bridgehead atoms. The van der Waals surface area contributed by atoms with E-state index in [1.165, 1.54) is 0 Å². The molecule has 0 saturated heterocycles. The molecule has 0 radical (unpaired) electrons. The Balaban J connectivity index is 1.93. The second-order valence-corrected chi connectivity index (χ2v) is 8.46. The van der Waals surface area contributed by atoms with Gasteiger partial charge < -0.3 is 9.47 Å². The van der Waals surface area contributed by atoms with Crippen LogP contribution in [0.25, 0.3) is 0 Å². The van der Waals surface area contributed by atoms with Gasteiger partial charge in [0.05, 0.1) is 10.5 Å².